The van der Waals surface area contributed by atoms with Crippen molar-refractivity contribution in [1.82, 2.24) is 0 Å². The van der Waals surface area contributed by atoms with Gasteiger partial charge < -0.3 is 4.74 Å². The quantitative estimate of drug-likeness (QED) is 0.609. The van der Waals surface area contributed by atoms with Crippen LogP contribution in [0.4, 0.5) is 0 Å². The number of nitrogens with zero attached hydrogens (tertiary/aromatic N) is 3. The number of amides is 1. The van der Waals surface area contributed by atoms with Gasteiger partial charge in [-0.15, -0.1) is 5.11 Å². The topological polar surface area (TPSA) is 91.9 Å². The highest BCUT2D eigenvalue weighted by atomic mass is 79.9. The lowest BCUT2D eigenvalue weighted by Gasteiger charge is -2.28. The number of hydrogen-bond acceptors (Lipinski definition) is 5. The fourth-order valence-electron chi connectivity index (χ4n) is 2.14. The van der Waals surface area contributed by atoms with Crippen molar-refractivity contribution in [3.05, 3.63) is 39.9 Å². The highest BCUT2D eigenvalue weighted by Gasteiger charge is 2.46. The molecule has 1 unspecified atom stereocenters. The number of ether oxygens (including phenoxy) is 1. The van der Waals surface area contributed by atoms with Crippen molar-refractivity contribution >= 4 is 27.8 Å². The largest absolute Gasteiger partial charge is 0.423 e. The minimum Gasteiger partial charge on any atom is -0.423 e. The van der Waals surface area contributed by atoms with Crippen LogP contribution in [0.1, 0.15) is 20.3 Å². The Hall–Kier alpha value is -2.33. The molecule has 1 aromatic rings. The number of halogens is 1. The van der Waals surface area contributed by atoms with Gasteiger partial charge in [-0.1, -0.05) is 19.1 Å². The van der Waals surface area contributed by atoms with E-state index in [-0.39, 0.29) is 17.6 Å². The highest BCUT2D eigenvalue weighted by molar-refractivity contribution is 9.10. The molecule has 0 aliphatic carbocycles. The SMILES string of the molecule is CCC1(C(=O)Oc2ccccc2Br)N=NC(=O)C(C#N)=C1C. The minimum atomic E-state index is -1.45. The predicted octanol–water partition coefficient (Wildman–Crippen LogP) is 3.34. The summed E-state index contributed by atoms with van der Waals surface area (Å²) in [6.07, 6.45) is 0.226. The van der Waals surface area contributed by atoms with Crippen LogP contribution in [-0.4, -0.2) is 17.4 Å². The van der Waals surface area contributed by atoms with Gasteiger partial charge in [0.05, 0.1) is 4.47 Å². The smallest absolute Gasteiger partial charge is 0.345 e. The van der Waals surface area contributed by atoms with Crippen molar-refractivity contribution in [2.45, 2.75) is 25.8 Å². The molecule has 0 spiro atoms. The lowest BCUT2D eigenvalue weighted by atomic mass is 9.84. The Bertz CT molecular complexity index is 749. The molecule has 7 heteroatoms. The average molecular weight is 362 g/mol. The van der Waals surface area contributed by atoms with Crippen LogP contribution in [0.15, 0.2) is 50.1 Å². The molecule has 112 valence electrons. The molecular formula is C15H12BrN3O3. The van der Waals surface area contributed by atoms with Crippen molar-refractivity contribution in [3.8, 4) is 11.8 Å². The van der Waals surface area contributed by atoms with E-state index in [1.807, 2.05) is 0 Å². The van der Waals surface area contributed by atoms with Crippen LogP contribution in [0.2, 0.25) is 0 Å². The van der Waals surface area contributed by atoms with Crippen molar-refractivity contribution in [2.75, 3.05) is 0 Å². The van der Waals surface area contributed by atoms with Crippen molar-refractivity contribution < 1.29 is 14.3 Å². The monoisotopic (exact) mass is 361 g/mol. The first kappa shape index (κ1) is 16.0. The molecule has 22 heavy (non-hydrogen) atoms. The highest BCUT2D eigenvalue weighted by Crippen LogP contribution is 2.35. The van der Waals surface area contributed by atoms with Gasteiger partial charge >= 0.3 is 11.9 Å². The van der Waals surface area contributed by atoms with Gasteiger partial charge in [0.2, 0.25) is 5.54 Å². The summed E-state index contributed by atoms with van der Waals surface area (Å²) >= 11 is 3.29. The maximum Gasteiger partial charge on any atom is 0.345 e. The van der Waals surface area contributed by atoms with Gasteiger partial charge in [0.15, 0.2) is 0 Å². The molecule has 0 saturated carbocycles. The normalized spacial score (nSPS) is 20.7. The molecule has 1 heterocycles. The van der Waals surface area contributed by atoms with Crippen molar-refractivity contribution in [3.63, 3.8) is 0 Å². The van der Waals surface area contributed by atoms with Gasteiger partial charge in [-0.05, 0) is 47.0 Å². The molecule has 1 aromatic carbocycles. The molecule has 0 bridgehead atoms. The zero-order valence-electron chi connectivity index (χ0n) is 12.0. The number of rotatable bonds is 3. The molecule has 0 aromatic heterocycles. The van der Waals surface area contributed by atoms with Gasteiger partial charge in [-0.3, -0.25) is 4.79 Å². The molecule has 6 nitrogen and oxygen atoms in total. The fraction of sp³-hybridized carbons (Fsp3) is 0.267. The van der Waals surface area contributed by atoms with Crippen LogP contribution < -0.4 is 4.74 Å². The molecule has 1 aliphatic heterocycles. The second kappa shape index (κ2) is 6.20. The summed E-state index contributed by atoms with van der Waals surface area (Å²) < 4.78 is 5.99. The van der Waals surface area contributed by atoms with E-state index in [4.69, 9.17) is 10.00 Å². The Kier molecular flexibility index (Phi) is 4.52. The summed E-state index contributed by atoms with van der Waals surface area (Å²) in [5.74, 6) is -1.08. The third kappa shape index (κ3) is 2.57. The second-order valence-electron chi connectivity index (χ2n) is 4.65. The number of para-hydroxylation sites is 1. The molecule has 1 amide bonds. The summed E-state index contributed by atoms with van der Waals surface area (Å²) in [4.78, 5) is 24.2. The van der Waals surface area contributed by atoms with E-state index in [0.717, 1.165) is 0 Å². The van der Waals surface area contributed by atoms with E-state index in [9.17, 15) is 9.59 Å². The molecule has 0 fully saturated rings. The molecule has 0 saturated heterocycles. The van der Waals surface area contributed by atoms with Gasteiger partial charge in [-0.2, -0.15) is 10.4 Å². The van der Waals surface area contributed by atoms with Gasteiger partial charge in [-0.25, -0.2) is 4.79 Å². The van der Waals surface area contributed by atoms with E-state index in [1.54, 1.807) is 37.3 Å². The lowest BCUT2D eigenvalue weighted by Crippen LogP contribution is -2.43. The first-order valence-electron chi connectivity index (χ1n) is 6.51. The van der Waals surface area contributed by atoms with Crippen molar-refractivity contribution in [2.24, 2.45) is 10.2 Å². The van der Waals surface area contributed by atoms with E-state index in [0.29, 0.717) is 10.2 Å². The van der Waals surface area contributed by atoms with E-state index in [1.165, 1.54) is 6.92 Å². The number of hydrogen-bond donors (Lipinski definition) is 0. The third-order valence-corrected chi connectivity index (χ3v) is 4.18. The number of nitriles is 1. The molecule has 1 atom stereocenters. The Balaban J connectivity index is 2.44. The van der Waals surface area contributed by atoms with Crippen LogP contribution >= 0.6 is 15.9 Å². The minimum absolute atomic E-state index is 0.166. The fourth-order valence-corrected chi connectivity index (χ4v) is 2.51. The van der Waals surface area contributed by atoms with Gasteiger partial charge in [0, 0.05) is 0 Å². The number of azo groups is 1. The third-order valence-electron chi connectivity index (χ3n) is 3.52. The van der Waals surface area contributed by atoms with Crippen LogP contribution in [-0.2, 0) is 9.59 Å². The number of carbonyl (C=O) groups is 2. The maximum absolute atomic E-state index is 12.6. The standard InChI is InChI=1S/C15H12BrN3O3/c1-3-15(9(2)10(8-17)13(20)18-19-15)14(21)22-12-7-5-4-6-11(12)16/h4-7H,3H2,1-2H3. The number of carbonyl (C=O) groups excluding carboxylic acids is 2. The molecule has 0 N–H and O–H groups in total. The summed E-state index contributed by atoms with van der Waals surface area (Å²) in [6, 6.07) is 8.65. The Labute approximate surface area is 135 Å². The van der Waals surface area contributed by atoms with Crippen LogP contribution in [0.3, 0.4) is 0 Å². The summed E-state index contributed by atoms with van der Waals surface area (Å²) in [7, 11) is 0. The Morgan fingerprint density at radius 3 is 2.73 bits per heavy atom. The zero-order valence-corrected chi connectivity index (χ0v) is 13.5. The van der Waals surface area contributed by atoms with E-state index < -0.39 is 17.4 Å². The van der Waals surface area contributed by atoms with E-state index >= 15 is 0 Å². The van der Waals surface area contributed by atoms with Gasteiger partial charge in [0.25, 0.3) is 0 Å². The van der Waals surface area contributed by atoms with E-state index in [2.05, 4.69) is 26.2 Å². The summed E-state index contributed by atoms with van der Waals surface area (Å²) in [5.41, 5.74) is -1.36. The second-order valence-corrected chi connectivity index (χ2v) is 5.51. The van der Waals surface area contributed by atoms with Crippen LogP contribution in [0.5, 0.6) is 5.75 Å². The molecule has 1 aliphatic rings. The van der Waals surface area contributed by atoms with Crippen molar-refractivity contribution in [1.29, 1.82) is 5.26 Å². The first-order valence-corrected chi connectivity index (χ1v) is 7.31. The zero-order chi connectivity index (χ0) is 16.3. The number of benzene rings is 1. The Morgan fingerprint density at radius 2 is 2.14 bits per heavy atom. The molecule has 2 rings (SSSR count). The molecule has 0 radical (unpaired) electrons. The van der Waals surface area contributed by atoms with Crippen LogP contribution in [0.25, 0.3) is 0 Å². The van der Waals surface area contributed by atoms with Gasteiger partial charge in [0.1, 0.15) is 17.4 Å². The average Bonchev–Trinajstić information content (AvgIpc) is 2.51. The number of esters is 1. The summed E-state index contributed by atoms with van der Waals surface area (Å²) in [6.45, 7) is 3.24. The lowest BCUT2D eigenvalue weighted by molar-refractivity contribution is -0.139. The predicted molar refractivity (Wildman–Crippen MR) is 81.0 cm³/mol. The Morgan fingerprint density at radius 1 is 1.45 bits per heavy atom. The maximum atomic E-state index is 12.6. The van der Waals surface area contributed by atoms with Crippen LogP contribution in [0, 0.1) is 11.3 Å². The molecular weight excluding hydrogens is 350 g/mol. The summed E-state index contributed by atoms with van der Waals surface area (Å²) in [5, 5.41) is 16.4. The first-order chi connectivity index (χ1) is 10.5.